The smallest absolute Gasteiger partial charge is 0.243 e. The minimum Gasteiger partial charge on any atom is -0.377 e. The Labute approximate surface area is 187 Å². The van der Waals surface area contributed by atoms with Crippen LogP contribution in [-0.4, -0.2) is 89.0 Å². The van der Waals surface area contributed by atoms with Gasteiger partial charge in [0.1, 0.15) is 0 Å². The van der Waals surface area contributed by atoms with Crippen LogP contribution < -0.4 is 4.90 Å². The Kier molecular flexibility index (Phi) is 7.89. The van der Waals surface area contributed by atoms with Gasteiger partial charge in [-0.15, -0.1) is 13.2 Å². The number of piperazine rings is 1. The summed E-state index contributed by atoms with van der Waals surface area (Å²) in [5.41, 5.74) is 1.02. The summed E-state index contributed by atoms with van der Waals surface area (Å²) in [4.78, 5) is 7.02. The van der Waals surface area contributed by atoms with E-state index in [1.807, 2.05) is 61.5 Å². The summed E-state index contributed by atoms with van der Waals surface area (Å²) in [7, 11) is 0.393. The highest BCUT2D eigenvalue weighted by atomic mass is 32.2. The lowest BCUT2D eigenvalue weighted by Crippen LogP contribution is -2.50. The number of fused-ring (bicyclic) bond motifs is 1. The molecule has 0 N–H and O–H groups in total. The molecule has 2 aromatic carbocycles. The second-order valence-electron chi connectivity index (χ2n) is 8.11. The highest BCUT2D eigenvalue weighted by Crippen LogP contribution is 2.31. The van der Waals surface area contributed by atoms with E-state index >= 15 is 0 Å². The van der Waals surface area contributed by atoms with Gasteiger partial charge in [-0.25, -0.2) is 8.42 Å². The van der Waals surface area contributed by atoms with Gasteiger partial charge in [0.2, 0.25) is 10.0 Å². The van der Waals surface area contributed by atoms with Crippen molar-refractivity contribution in [1.82, 2.24) is 14.1 Å². The lowest BCUT2D eigenvalue weighted by Gasteiger charge is -2.35. The third kappa shape index (κ3) is 5.36. The van der Waals surface area contributed by atoms with E-state index in [0.29, 0.717) is 18.0 Å². The van der Waals surface area contributed by atoms with Crippen molar-refractivity contribution in [2.45, 2.75) is 4.90 Å². The van der Waals surface area contributed by atoms with Crippen molar-refractivity contribution in [3.8, 4) is 0 Å². The van der Waals surface area contributed by atoms with Gasteiger partial charge < -0.3 is 4.90 Å². The van der Waals surface area contributed by atoms with Crippen molar-refractivity contribution in [3.63, 3.8) is 0 Å². The van der Waals surface area contributed by atoms with Crippen molar-refractivity contribution in [3.05, 3.63) is 61.7 Å². The van der Waals surface area contributed by atoms with Gasteiger partial charge >= 0.3 is 0 Å². The molecular weight excluding hydrogens is 408 g/mol. The van der Waals surface area contributed by atoms with Crippen LogP contribution in [0.25, 0.3) is 10.8 Å². The molecule has 1 aliphatic rings. The SMILES string of the molecule is C=CCN(CC=C)CCN1CCN(S(=O)(=O)c2cccc3c(N(C)C)cccc23)CC1. The van der Waals surface area contributed by atoms with Gasteiger partial charge in [0.15, 0.2) is 0 Å². The first-order valence-electron chi connectivity index (χ1n) is 10.7. The predicted molar refractivity (Wildman–Crippen MR) is 130 cm³/mol. The fraction of sp³-hybridized carbons (Fsp3) is 0.417. The first kappa shape index (κ1) is 23.5. The fourth-order valence-electron chi connectivity index (χ4n) is 4.12. The quantitative estimate of drug-likeness (QED) is 0.530. The average molecular weight is 443 g/mol. The summed E-state index contributed by atoms with van der Waals surface area (Å²) < 4.78 is 28.6. The van der Waals surface area contributed by atoms with E-state index in [-0.39, 0.29) is 0 Å². The number of nitrogens with zero attached hydrogens (tertiary/aromatic N) is 4. The van der Waals surface area contributed by atoms with Gasteiger partial charge in [0, 0.05) is 82.9 Å². The van der Waals surface area contributed by atoms with Crippen LogP contribution in [0.15, 0.2) is 66.6 Å². The molecule has 0 saturated carbocycles. The lowest BCUT2D eigenvalue weighted by molar-refractivity contribution is 0.168. The zero-order valence-electron chi connectivity index (χ0n) is 18.7. The number of sulfonamides is 1. The second kappa shape index (κ2) is 10.4. The molecule has 0 unspecified atom stereocenters. The van der Waals surface area contributed by atoms with Crippen LogP contribution in [0.1, 0.15) is 0 Å². The van der Waals surface area contributed by atoms with Gasteiger partial charge in [-0.2, -0.15) is 4.31 Å². The monoisotopic (exact) mass is 442 g/mol. The third-order valence-corrected chi connectivity index (χ3v) is 7.75. The minimum atomic E-state index is -3.55. The van der Waals surface area contributed by atoms with Crippen molar-refractivity contribution in [2.75, 3.05) is 71.4 Å². The molecule has 3 rings (SSSR count). The Balaban J connectivity index is 1.71. The maximum Gasteiger partial charge on any atom is 0.243 e. The molecule has 1 heterocycles. The molecule has 168 valence electrons. The van der Waals surface area contributed by atoms with E-state index in [0.717, 1.165) is 55.7 Å². The molecule has 0 aliphatic carbocycles. The molecule has 0 atom stereocenters. The summed E-state index contributed by atoms with van der Waals surface area (Å²) >= 11 is 0. The summed E-state index contributed by atoms with van der Waals surface area (Å²) in [6.45, 7) is 13.6. The molecule has 7 heteroatoms. The van der Waals surface area contributed by atoms with E-state index in [4.69, 9.17) is 0 Å². The van der Waals surface area contributed by atoms with Crippen LogP contribution >= 0.6 is 0 Å². The van der Waals surface area contributed by atoms with Gasteiger partial charge in [-0.05, 0) is 12.1 Å². The van der Waals surface area contributed by atoms with E-state index in [1.165, 1.54) is 0 Å². The fourth-order valence-corrected chi connectivity index (χ4v) is 5.75. The maximum absolute atomic E-state index is 13.5. The van der Waals surface area contributed by atoms with Crippen LogP contribution in [0.4, 0.5) is 5.69 Å². The molecule has 6 nitrogen and oxygen atoms in total. The Hall–Kier alpha value is -2.19. The normalized spacial score (nSPS) is 16.0. The second-order valence-corrected chi connectivity index (χ2v) is 10.0. The number of anilines is 1. The van der Waals surface area contributed by atoms with Crippen LogP contribution in [0.5, 0.6) is 0 Å². The third-order valence-electron chi connectivity index (χ3n) is 5.80. The van der Waals surface area contributed by atoms with E-state index < -0.39 is 10.0 Å². The zero-order chi connectivity index (χ0) is 22.4. The summed E-state index contributed by atoms with van der Waals surface area (Å²) in [6.07, 6.45) is 3.81. The maximum atomic E-state index is 13.5. The number of hydrogen-bond acceptors (Lipinski definition) is 5. The van der Waals surface area contributed by atoms with Crippen molar-refractivity contribution >= 4 is 26.5 Å². The number of benzene rings is 2. The minimum absolute atomic E-state index is 0.394. The summed E-state index contributed by atoms with van der Waals surface area (Å²) in [5.74, 6) is 0. The van der Waals surface area contributed by atoms with Crippen LogP contribution in [0.3, 0.4) is 0 Å². The molecule has 2 aromatic rings. The van der Waals surface area contributed by atoms with Crippen molar-refractivity contribution in [2.24, 2.45) is 0 Å². The van der Waals surface area contributed by atoms with Crippen molar-refractivity contribution in [1.29, 1.82) is 0 Å². The summed E-state index contributed by atoms with van der Waals surface area (Å²) in [5, 5.41) is 1.73. The van der Waals surface area contributed by atoms with E-state index in [2.05, 4.69) is 23.0 Å². The largest absolute Gasteiger partial charge is 0.377 e. The molecule has 0 aromatic heterocycles. The molecule has 1 fully saturated rings. The van der Waals surface area contributed by atoms with E-state index in [1.54, 1.807) is 10.4 Å². The standard InChI is InChI=1S/C24H34N4O2S/c1-5-13-26(14-6-2)15-16-27-17-19-28(20-18-27)31(29,30)24-12-8-9-21-22(24)10-7-11-23(21)25(3)4/h5-12H,1-2,13-20H2,3-4H3. The molecular formula is C24H34N4O2S. The van der Waals surface area contributed by atoms with Gasteiger partial charge in [0.25, 0.3) is 0 Å². The van der Waals surface area contributed by atoms with Crippen molar-refractivity contribution < 1.29 is 8.42 Å². The van der Waals surface area contributed by atoms with Gasteiger partial charge in [-0.1, -0.05) is 36.4 Å². The number of hydrogen-bond donors (Lipinski definition) is 0. The lowest BCUT2D eigenvalue weighted by atomic mass is 10.1. The molecule has 0 spiro atoms. The van der Waals surface area contributed by atoms with Crippen LogP contribution in [0, 0.1) is 0 Å². The van der Waals surface area contributed by atoms with Gasteiger partial charge in [0.05, 0.1) is 4.90 Å². The molecule has 1 saturated heterocycles. The Morgan fingerprint density at radius 1 is 0.935 bits per heavy atom. The van der Waals surface area contributed by atoms with Crippen LogP contribution in [-0.2, 0) is 10.0 Å². The average Bonchev–Trinajstić information content (AvgIpc) is 2.77. The first-order valence-corrected chi connectivity index (χ1v) is 12.2. The number of rotatable bonds is 10. The Bertz CT molecular complexity index is 1000. The van der Waals surface area contributed by atoms with Gasteiger partial charge in [-0.3, -0.25) is 9.80 Å². The van der Waals surface area contributed by atoms with E-state index in [9.17, 15) is 8.42 Å². The molecule has 0 amide bonds. The molecule has 0 bridgehead atoms. The molecule has 31 heavy (non-hydrogen) atoms. The summed E-state index contributed by atoms with van der Waals surface area (Å²) in [6, 6.07) is 11.4. The Morgan fingerprint density at radius 2 is 1.55 bits per heavy atom. The topological polar surface area (TPSA) is 47.1 Å². The zero-order valence-corrected chi connectivity index (χ0v) is 19.5. The molecule has 1 aliphatic heterocycles. The molecule has 0 radical (unpaired) electrons. The Morgan fingerprint density at radius 3 is 2.16 bits per heavy atom. The predicted octanol–water partition coefficient (Wildman–Crippen LogP) is 2.89. The van der Waals surface area contributed by atoms with Crippen LogP contribution in [0.2, 0.25) is 0 Å². The highest BCUT2D eigenvalue weighted by Gasteiger charge is 2.30. The highest BCUT2D eigenvalue weighted by molar-refractivity contribution is 7.89. The first-order chi connectivity index (χ1) is 14.9.